The second kappa shape index (κ2) is 6.29. The SMILES string of the molecule is O=CC(=O)NC(=O)CCN1CCCCC1. The molecule has 1 N–H and O–H groups in total. The normalized spacial score (nSPS) is 17.1. The van der Waals surface area contributed by atoms with Crippen LogP contribution in [0.1, 0.15) is 25.7 Å². The molecule has 0 atom stereocenters. The van der Waals surface area contributed by atoms with Crippen LogP contribution in [-0.2, 0) is 14.4 Å². The predicted molar refractivity (Wildman–Crippen MR) is 54.1 cm³/mol. The minimum Gasteiger partial charge on any atom is -0.303 e. The first-order valence-electron chi connectivity index (χ1n) is 5.23. The maximum absolute atomic E-state index is 11.1. The summed E-state index contributed by atoms with van der Waals surface area (Å²) in [4.78, 5) is 33.9. The monoisotopic (exact) mass is 212 g/mol. The van der Waals surface area contributed by atoms with Crippen LogP contribution in [0, 0.1) is 0 Å². The van der Waals surface area contributed by atoms with Crippen LogP contribution in [-0.4, -0.2) is 42.6 Å². The number of piperidine rings is 1. The van der Waals surface area contributed by atoms with Gasteiger partial charge in [0.15, 0.2) is 0 Å². The van der Waals surface area contributed by atoms with Crippen molar-refractivity contribution in [2.45, 2.75) is 25.7 Å². The zero-order chi connectivity index (χ0) is 11.1. The number of amides is 2. The molecule has 5 heteroatoms. The Balaban J connectivity index is 2.15. The molecular weight excluding hydrogens is 196 g/mol. The van der Waals surface area contributed by atoms with Gasteiger partial charge in [-0.15, -0.1) is 0 Å². The van der Waals surface area contributed by atoms with Gasteiger partial charge in [-0.25, -0.2) is 0 Å². The summed E-state index contributed by atoms with van der Waals surface area (Å²) in [5.74, 6) is -1.24. The largest absolute Gasteiger partial charge is 0.303 e. The molecule has 0 bridgehead atoms. The molecule has 1 aliphatic heterocycles. The molecule has 0 aliphatic carbocycles. The molecule has 1 heterocycles. The number of carbonyl (C=O) groups is 3. The molecule has 1 fully saturated rings. The Hall–Kier alpha value is -1.23. The average molecular weight is 212 g/mol. The summed E-state index contributed by atoms with van der Waals surface area (Å²) >= 11 is 0. The predicted octanol–water partition coefficient (Wildman–Crippen LogP) is -0.296. The molecule has 0 unspecified atom stereocenters. The Labute approximate surface area is 88.8 Å². The van der Waals surface area contributed by atoms with Gasteiger partial charge in [0, 0.05) is 13.0 Å². The fourth-order valence-electron chi connectivity index (χ4n) is 1.67. The van der Waals surface area contributed by atoms with Crippen molar-refractivity contribution in [1.82, 2.24) is 10.2 Å². The Morgan fingerprint density at radius 1 is 1.20 bits per heavy atom. The lowest BCUT2D eigenvalue weighted by molar-refractivity contribution is -0.136. The molecular formula is C10H16N2O3. The molecule has 84 valence electrons. The van der Waals surface area contributed by atoms with Crippen molar-refractivity contribution >= 4 is 18.1 Å². The lowest BCUT2D eigenvalue weighted by Gasteiger charge is -2.25. The van der Waals surface area contributed by atoms with Crippen molar-refractivity contribution in [3.63, 3.8) is 0 Å². The van der Waals surface area contributed by atoms with Gasteiger partial charge in [0.2, 0.25) is 12.2 Å². The van der Waals surface area contributed by atoms with Gasteiger partial charge in [-0.05, 0) is 25.9 Å². The van der Waals surface area contributed by atoms with Gasteiger partial charge in [-0.2, -0.15) is 0 Å². The van der Waals surface area contributed by atoms with Crippen molar-refractivity contribution in [3.8, 4) is 0 Å². The summed E-state index contributed by atoms with van der Waals surface area (Å²) in [5, 5.41) is 2.00. The third kappa shape index (κ3) is 4.69. The summed E-state index contributed by atoms with van der Waals surface area (Å²) in [7, 11) is 0. The Morgan fingerprint density at radius 2 is 1.87 bits per heavy atom. The highest BCUT2D eigenvalue weighted by atomic mass is 16.2. The Morgan fingerprint density at radius 3 is 2.47 bits per heavy atom. The van der Waals surface area contributed by atoms with Crippen molar-refractivity contribution in [1.29, 1.82) is 0 Å². The molecule has 15 heavy (non-hydrogen) atoms. The van der Waals surface area contributed by atoms with E-state index >= 15 is 0 Å². The molecule has 2 amide bonds. The highest BCUT2D eigenvalue weighted by Crippen LogP contribution is 2.08. The third-order valence-corrected chi connectivity index (χ3v) is 2.47. The average Bonchev–Trinajstić information content (AvgIpc) is 2.27. The molecule has 0 aromatic heterocycles. The van der Waals surface area contributed by atoms with Gasteiger partial charge in [-0.3, -0.25) is 19.7 Å². The van der Waals surface area contributed by atoms with Gasteiger partial charge in [0.1, 0.15) is 0 Å². The second-order valence-corrected chi connectivity index (χ2v) is 3.68. The first-order chi connectivity index (χ1) is 7.22. The van der Waals surface area contributed by atoms with Crippen molar-refractivity contribution in [2.75, 3.05) is 19.6 Å². The van der Waals surface area contributed by atoms with Gasteiger partial charge in [0.05, 0.1) is 0 Å². The van der Waals surface area contributed by atoms with Crippen LogP contribution in [0.15, 0.2) is 0 Å². The number of aldehydes is 1. The lowest BCUT2D eigenvalue weighted by atomic mass is 10.1. The summed E-state index contributed by atoms with van der Waals surface area (Å²) in [5.41, 5.74) is 0. The van der Waals surface area contributed by atoms with Gasteiger partial charge in [0.25, 0.3) is 5.91 Å². The van der Waals surface area contributed by atoms with E-state index in [-0.39, 0.29) is 18.6 Å². The maximum atomic E-state index is 11.1. The highest BCUT2D eigenvalue weighted by molar-refractivity contribution is 6.27. The zero-order valence-corrected chi connectivity index (χ0v) is 8.70. The number of hydrogen-bond donors (Lipinski definition) is 1. The maximum Gasteiger partial charge on any atom is 0.290 e. The first kappa shape index (κ1) is 11.8. The van der Waals surface area contributed by atoms with E-state index in [0.29, 0.717) is 6.54 Å². The lowest BCUT2D eigenvalue weighted by Crippen LogP contribution is -2.36. The zero-order valence-electron chi connectivity index (χ0n) is 8.70. The molecule has 0 aromatic rings. The van der Waals surface area contributed by atoms with Crippen molar-refractivity contribution in [2.24, 2.45) is 0 Å². The van der Waals surface area contributed by atoms with E-state index in [9.17, 15) is 14.4 Å². The molecule has 0 aromatic carbocycles. The summed E-state index contributed by atoms with van der Waals surface area (Å²) < 4.78 is 0. The standard InChI is InChI=1S/C10H16N2O3/c13-8-10(15)11-9(14)4-7-12-5-2-1-3-6-12/h8H,1-7H2,(H,11,14,15). The van der Waals surface area contributed by atoms with Crippen molar-refractivity contribution in [3.05, 3.63) is 0 Å². The van der Waals surface area contributed by atoms with Gasteiger partial charge >= 0.3 is 0 Å². The fraction of sp³-hybridized carbons (Fsp3) is 0.700. The van der Waals surface area contributed by atoms with E-state index in [1.165, 1.54) is 19.3 Å². The molecule has 0 saturated carbocycles. The van der Waals surface area contributed by atoms with Crippen LogP contribution >= 0.6 is 0 Å². The number of hydrogen-bond acceptors (Lipinski definition) is 4. The van der Waals surface area contributed by atoms with Crippen LogP contribution in [0.2, 0.25) is 0 Å². The van der Waals surface area contributed by atoms with E-state index < -0.39 is 5.91 Å². The third-order valence-electron chi connectivity index (χ3n) is 2.47. The number of carbonyl (C=O) groups excluding carboxylic acids is 3. The molecule has 0 radical (unpaired) electrons. The topological polar surface area (TPSA) is 66.5 Å². The number of likely N-dealkylation sites (tertiary alicyclic amines) is 1. The van der Waals surface area contributed by atoms with Gasteiger partial charge in [-0.1, -0.05) is 6.42 Å². The summed E-state index contributed by atoms with van der Waals surface area (Å²) in [6.07, 6.45) is 3.99. The smallest absolute Gasteiger partial charge is 0.290 e. The summed E-state index contributed by atoms with van der Waals surface area (Å²) in [6, 6.07) is 0. The highest BCUT2D eigenvalue weighted by Gasteiger charge is 2.12. The van der Waals surface area contributed by atoms with Crippen LogP contribution in [0.5, 0.6) is 0 Å². The molecule has 5 nitrogen and oxygen atoms in total. The van der Waals surface area contributed by atoms with E-state index in [4.69, 9.17) is 0 Å². The van der Waals surface area contributed by atoms with Crippen LogP contribution in [0.25, 0.3) is 0 Å². The van der Waals surface area contributed by atoms with Gasteiger partial charge < -0.3 is 4.90 Å². The van der Waals surface area contributed by atoms with E-state index in [0.717, 1.165) is 13.1 Å². The Bertz CT molecular complexity index is 247. The summed E-state index contributed by atoms with van der Waals surface area (Å²) in [6.45, 7) is 2.71. The molecule has 1 aliphatic rings. The number of nitrogens with zero attached hydrogens (tertiary/aromatic N) is 1. The first-order valence-corrected chi connectivity index (χ1v) is 5.23. The van der Waals surface area contributed by atoms with Crippen molar-refractivity contribution < 1.29 is 14.4 Å². The molecule has 0 spiro atoms. The van der Waals surface area contributed by atoms with Crippen LogP contribution < -0.4 is 5.32 Å². The van der Waals surface area contributed by atoms with E-state index in [2.05, 4.69) is 4.90 Å². The number of imide groups is 1. The second-order valence-electron chi connectivity index (χ2n) is 3.68. The van der Waals surface area contributed by atoms with Crippen LogP contribution in [0.3, 0.4) is 0 Å². The quantitative estimate of drug-likeness (QED) is 0.513. The minimum absolute atomic E-state index is 0.110. The fourth-order valence-corrected chi connectivity index (χ4v) is 1.67. The number of nitrogens with one attached hydrogen (secondary N) is 1. The van der Waals surface area contributed by atoms with Crippen LogP contribution in [0.4, 0.5) is 0 Å². The Kier molecular flexibility index (Phi) is 4.97. The molecule has 1 saturated heterocycles. The van der Waals surface area contributed by atoms with E-state index in [1.54, 1.807) is 0 Å². The van der Waals surface area contributed by atoms with E-state index in [1.807, 2.05) is 5.32 Å². The molecule has 1 rings (SSSR count). The number of rotatable bonds is 4. The minimum atomic E-state index is -0.862.